The van der Waals surface area contributed by atoms with Gasteiger partial charge in [0, 0.05) is 18.6 Å². The van der Waals surface area contributed by atoms with Crippen LogP contribution in [0.1, 0.15) is 54.7 Å². The van der Waals surface area contributed by atoms with Crippen molar-refractivity contribution in [1.29, 1.82) is 0 Å². The number of carboxylic acid groups (broad SMARTS) is 1. The van der Waals surface area contributed by atoms with E-state index < -0.39 is 5.97 Å². The summed E-state index contributed by atoms with van der Waals surface area (Å²) in [7, 11) is 0. The van der Waals surface area contributed by atoms with Crippen LogP contribution in [-0.4, -0.2) is 39.0 Å². The standard InChI is InChI=1S/C15H23N3O3/c1-3-10-11(4-2)17-18-14(13(10)15(20)21)16-12-7-5-6-9(12)8-19/h9,12,19H,3-8H2,1-2H3,(H,16,18)(H,20,21). The number of carbonyl (C=O) groups is 1. The molecule has 2 rings (SSSR count). The fourth-order valence-electron chi connectivity index (χ4n) is 3.13. The quantitative estimate of drug-likeness (QED) is 0.741. The van der Waals surface area contributed by atoms with Crippen LogP contribution in [0, 0.1) is 5.92 Å². The summed E-state index contributed by atoms with van der Waals surface area (Å²) in [5, 5.41) is 30.4. The largest absolute Gasteiger partial charge is 0.478 e. The van der Waals surface area contributed by atoms with E-state index in [9.17, 15) is 15.0 Å². The molecule has 2 unspecified atom stereocenters. The van der Waals surface area contributed by atoms with Crippen molar-refractivity contribution in [2.24, 2.45) is 5.92 Å². The normalized spacial score (nSPS) is 21.5. The van der Waals surface area contributed by atoms with E-state index in [0.717, 1.165) is 30.5 Å². The highest BCUT2D eigenvalue weighted by Gasteiger charge is 2.29. The van der Waals surface area contributed by atoms with Crippen molar-refractivity contribution in [1.82, 2.24) is 10.2 Å². The van der Waals surface area contributed by atoms with Crippen molar-refractivity contribution in [3.05, 3.63) is 16.8 Å². The minimum Gasteiger partial charge on any atom is -0.478 e. The van der Waals surface area contributed by atoms with Gasteiger partial charge in [0.2, 0.25) is 0 Å². The topological polar surface area (TPSA) is 95.3 Å². The molecule has 2 atom stereocenters. The van der Waals surface area contributed by atoms with Crippen LogP contribution in [0.3, 0.4) is 0 Å². The Labute approximate surface area is 124 Å². The van der Waals surface area contributed by atoms with Gasteiger partial charge in [0.05, 0.1) is 5.69 Å². The molecular weight excluding hydrogens is 270 g/mol. The van der Waals surface area contributed by atoms with Crippen LogP contribution in [0.25, 0.3) is 0 Å². The first kappa shape index (κ1) is 15.7. The lowest BCUT2D eigenvalue weighted by atomic mass is 10.0. The average Bonchev–Trinajstić information content (AvgIpc) is 2.93. The molecule has 116 valence electrons. The molecule has 1 saturated carbocycles. The molecule has 21 heavy (non-hydrogen) atoms. The molecule has 1 aliphatic rings. The number of aliphatic hydroxyl groups excluding tert-OH is 1. The molecule has 6 nitrogen and oxygen atoms in total. The second kappa shape index (κ2) is 6.85. The van der Waals surface area contributed by atoms with Crippen molar-refractivity contribution in [2.45, 2.75) is 52.0 Å². The summed E-state index contributed by atoms with van der Waals surface area (Å²) in [6, 6.07) is 0.0691. The van der Waals surface area contributed by atoms with Gasteiger partial charge >= 0.3 is 5.97 Å². The third kappa shape index (κ3) is 3.15. The highest BCUT2D eigenvalue weighted by molar-refractivity contribution is 5.95. The molecule has 0 aromatic carbocycles. The molecule has 1 aromatic heterocycles. The third-order valence-electron chi connectivity index (χ3n) is 4.28. The fourth-order valence-corrected chi connectivity index (χ4v) is 3.13. The van der Waals surface area contributed by atoms with Crippen molar-refractivity contribution in [2.75, 3.05) is 11.9 Å². The average molecular weight is 293 g/mol. The molecule has 0 amide bonds. The Balaban J connectivity index is 2.36. The molecule has 1 aromatic rings. The van der Waals surface area contributed by atoms with Crippen molar-refractivity contribution in [3.63, 3.8) is 0 Å². The maximum Gasteiger partial charge on any atom is 0.339 e. The van der Waals surface area contributed by atoms with Gasteiger partial charge in [0.1, 0.15) is 5.56 Å². The Morgan fingerprint density at radius 1 is 1.29 bits per heavy atom. The minimum absolute atomic E-state index is 0.0691. The Morgan fingerprint density at radius 3 is 2.62 bits per heavy atom. The number of aliphatic hydroxyl groups is 1. The molecule has 3 N–H and O–H groups in total. The van der Waals surface area contributed by atoms with Gasteiger partial charge in [-0.15, -0.1) is 5.10 Å². The number of anilines is 1. The Morgan fingerprint density at radius 2 is 2.05 bits per heavy atom. The summed E-state index contributed by atoms with van der Waals surface area (Å²) in [6.45, 7) is 3.99. The predicted molar refractivity (Wildman–Crippen MR) is 79.6 cm³/mol. The third-order valence-corrected chi connectivity index (χ3v) is 4.28. The van der Waals surface area contributed by atoms with Gasteiger partial charge < -0.3 is 15.5 Å². The smallest absolute Gasteiger partial charge is 0.339 e. The molecule has 1 aliphatic carbocycles. The molecule has 1 heterocycles. The number of hydrogen-bond acceptors (Lipinski definition) is 5. The first-order chi connectivity index (χ1) is 10.1. The maximum absolute atomic E-state index is 11.6. The van der Waals surface area contributed by atoms with Gasteiger partial charge in [-0.25, -0.2) is 4.79 Å². The maximum atomic E-state index is 11.6. The molecule has 6 heteroatoms. The molecular formula is C15H23N3O3. The van der Waals surface area contributed by atoms with E-state index in [1.807, 2.05) is 13.8 Å². The number of aromatic nitrogens is 2. The van der Waals surface area contributed by atoms with Gasteiger partial charge in [-0.3, -0.25) is 0 Å². The van der Waals surface area contributed by atoms with Crippen molar-refractivity contribution < 1.29 is 15.0 Å². The molecule has 0 radical (unpaired) electrons. The Bertz CT molecular complexity index is 519. The van der Waals surface area contributed by atoms with Crippen LogP contribution in [0.4, 0.5) is 5.82 Å². The van der Waals surface area contributed by atoms with Gasteiger partial charge in [-0.05, 0) is 31.2 Å². The van der Waals surface area contributed by atoms with E-state index >= 15 is 0 Å². The minimum atomic E-state index is -0.975. The molecule has 0 spiro atoms. The number of carboxylic acids is 1. The molecule has 0 bridgehead atoms. The highest BCUT2D eigenvalue weighted by Crippen LogP contribution is 2.29. The van der Waals surface area contributed by atoms with E-state index in [2.05, 4.69) is 15.5 Å². The van der Waals surface area contributed by atoms with E-state index in [-0.39, 0.29) is 24.1 Å². The highest BCUT2D eigenvalue weighted by atomic mass is 16.4. The van der Waals surface area contributed by atoms with Crippen LogP contribution in [0.5, 0.6) is 0 Å². The predicted octanol–water partition coefficient (Wildman–Crippen LogP) is 1.87. The number of nitrogens with one attached hydrogen (secondary N) is 1. The number of rotatable bonds is 6. The molecule has 1 fully saturated rings. The summed E-state index contributed by atoms with van der Waals surface area (Å²) in [5.41, 5.74) is 1.72. The van der Waals surface area contributed by atoms with Crippen LogP contribution < -0.4 is 5.32 Å². The Kier molecular flexibility index (Phi) is 5.12. The molecule has 0 saturated heterocycles. The zero-order valence-electron chi connectivity index (χ0n) is 12.6. The van der Waals surface area contributed by atoms with Gasteiger partial charge in [0.15, 0.2) is 5.82 Å². The first-order valence-corrected chi connectivity index (χ1v) is 7.61. The van der Waals surface area contributed by atoms with E-state index in [4.69, 9.17) is 0 Å². The SMILES string of the molecule is CCc1nnc(NC2CCCC2CO)c(C(=O)O)c1CC. The fraction of sp³-hybridized carbons (Fsp3) is 0.667. The second-order valence-corrected chi connectivity index (χ2v) is 5.49. The van der Waals surface area contributed by atoms with E-state index in [1.165, 1.54) is 0 Å². The lowest BCUT2D eigenvalue weighted by Gasteiger charge is -2.21. The van der Waals surface area contributed by atoms with Gasteiger partial charge in [0.25, 0.3) is 0 Å². The summed E-state index contributed by atoms with van der Waals surface area (Å²) in [4.78, 5) is 11.6. The number of aryl methyl sites for hydroxylation is 1. The van der Waals surface area contributed by atoms with Crippen LogP contribution in [0.2, 0.25) is 0 Å². The van der Waals surface area contributed by atoms with Gasteiger partial charge in [-0.1, -0.05) is 20.3 Å². The Hall–Kier alpha value is -1.69. The number of aromatic carboxylic acids is 1. The zero-order chi connectivity index (χ0) is 15.4. The summed E-state index contributed by atoms with van der Waals surface area (Å²) in [5.74, 6) is -0.483. The monoisotopic (exact) mass is 293 g/mol. The van der Waals surface area contributed by atoms with Crippen LogP contribution >= 0.6 is 0 Å². The first-order valence-electron chi connectivity index (χ1n) is 7.61. The van der Waals surface area contributed by atoms with Gasteiger partial charge in [-0.2, -0.15) is 5.10 Å². The van der Waals surface area contributed by atoms with Crippen LogP contribution in [0.15, 0.2) is 0 Å². The van der Waals surface area contributed by atoms with E-state index in [1.54, 1.807) is 0 Å². The van der Waals surface area contributed by atoms with Crippen molar-refractivity contribution >= 4 is 11.8 Å². The zero-order valence-corrected chi connectivity index (χ0v) is 12.6. The van der Waals surface area contributed by atoms with E-state index in [0.29, 0.717) is 18.7 Å². The van der Waals surface area contributed by atoms with Crippen molar-refractivity contribution in [3.8, 4) is 0 Å². The lowest BCUT2D eigenvalue weighted by Crippen LogP contribution is -2.28. The summed E-state index contributed by atoms with van der Waals surface area (Å²) in [6.07, 6.45) is 4.19. The molecule has 0 aliphatic heterocycles. The summed E-state index contributed by atoms with van der Waals surface area (Å²) < 4.78 is 0. The lowest BCUT2D eigenvalue weighted by molar-refractivity contribution is 0.0696. The number of hydrogen-bond donors (Lipinski definition) is 3. The second-order valence-electron chi connectivity index (χ2n) is 5.49. The number of nitrogens with zero attached hydrogens (tertiary/aromatic N) is 2. The van der Waals surface area contributed by atoms with Crippen LogP contribution in [-0.2, 0) is 12.8 Å². The summed E-state index contributed by atoms with van der Waals surface area (Å²) >= 11 is 0.